The lowest BCUT2D eigenvalue weighted by molar-refractivity contribution is 0.331. The van der Waals surface area contributed by atoms with Crippen LogP contribution < -0.4 is 10.6 Å². The van der Waals surface area contributed by atoms with E-state index in [0.29, 0.717) is 10.9 Å². The van der Waals surface area contributed by atoms with E-state index in [2.05, 4.69) is 36.6 Å². The molecule has 78 valence electrons. The average molecular weight is 213 g/mol. The Morgan fingerprint density at radius 1 is 1.50 bits per heavy atom. The molecule has 4 nitrogen and oxygen atoms in total. The summed E-state index contributed by atoms with van der Waals surface area (Å²) < 4.78 is 5.17. The predicted molar refractivity (Wildman–Crippen MR) is 60.5 cm³/mol. The minimum atomic E-state index is -0.0335. The van der Waals surface area contributed by atoms with E-state index in [-0.39, 0.29) is 5.41 Å². The molecule has 5 heteroatoms. The first-order valence-corrected chi connectivity index (χ1v) is 4.80. The lowest BCUT2D eigenvalue weighted by Crippen LogP contribution is -2.24. The highest BCUT2D eigenvalue weighted by Gasteiger charge is 2.19. The lowest BCUT2D eigenvalue weighted by Gasteiger charge is -2.12. The van der Waals surface area contributed by atoms with E-state index in [1.165, 1.54) is 0 Å². The van der Waals surface area contributed by atoms with E-state index >= 15 is 0 Å². The number of aromatic nitrogens is 1. The molecule has 0 aliphatic heterocycles. The van der Waals surface area contributed by atoms with Crippen molar-refractivity contribution in [2.75, 3.05) is 12.4 Å². The van der Waals surface area contributed by atoms with Crippen molar-refractivity contribution in [2.45, 2.75) is 26.2 Å². The van der Waals surface area contributed by atoms with Gasteiger partial charge in [-0.05, 0) is 12.2 Å². The maximum Gasteiger partial charge on any atom is 0.175 e. The molecule has 0 saturated carbocycles. The highest BCUT2D eigenvalue weighted by atomic mass is 32.1. The normalized spacial score (nSPS) is 11.1. The van der Waals surface area contributed by atoms with Crippen LogP contribution in [0.25, 0.3) is 0 Å². The highest BCUT2D eigenvalue weighted by Crippen LogP contribution is 2.24. The monoisotopic (exact) mass is 213 g/mol. The van der Waals surface area contributed by atoms with Gasteiger partial charge in [0.05, 0.1) is 0 Å². The van der Waals surface area contributed by atoms with Crippen molar-refractivity contribution in [3.05, 3.63) is 11.8 Å². The van der Waals surface area contributed by atoms with Crippen molar-refractivity contribution in [1.29, 1.82) is 0 Å². The molecule has 1 aromatic heterocycles. The Balaban J connectivity index is 2.74. The van der Waals surface area contributed by atoms with Crippen molar-refractivity contribution < 1.29 is 4.52 Å². The van der Waals surface area contributed by atoms with Crippen LogP contribution >= 0.6 is 12.2 Å². The number of hydrogen-bond acceptors (Lipinski definition) is 3. The molecule has 2 N–H and O–H groups in total. The molecule has 0 atom stereocenters. The van der Waals surface area contributed by atoms with Crippen LogP contribution in [0.4, 0.5) is 5.82 Å². The van der Waals surface area contributed by atoms with E-state index in [4.69, 9.17) is 16.7 Å². The standard InChI is InChI=1S/C9H15N3OS/c1-9(2,3)6-5-7(12-13-6)11-8(14)10-4/h5H,1-4H3,(H2,10,11,12,14). The summed E-state index contributed by atoms with van der Waals surface area (Å²) in [5, 5.41) is 10.1. The molecule has 0 unspecified atom stereocenters. The molecule has 0 saturated heterocycles. The summed E-state index contributed by atoms with van der Waals surface area (Å²) in [6, 6.07) is 1.85. The Morgan fingerprint density at radius 2 is 2.14 bits per heavy atom. The topological polar surface area (TPSA) is 50.1 Å². The van der Waals surface area contributed by atoms with Gasteiger partial charge in [-0.3, -0.25) is 0 Å². The molecule has 1 rings (SSSR count). The van der Waals surface area contributed by atoms with Crippen molar-refractivity contribution in [3.8, 4) is 0 Å². The molecule has 0 amide bonds. The van der Waals surface area contributed by atoms with Gasteiger partial charge in [-0.25, -0.2) is 0 Å². The third kappa shape index (κ3) is 2.70. The van der Waals surface area contributed by atoms with Gasteiger partial charge in [0.1, 0.15) is 5.76 Å². The fourth-order valence-electron chi connectivity index (χ4n) is 0.866. The van der Waals surface area contributed by atoms with E-state index < -0.39 is 0 Å². The van der Waals surface area contributed by atoms with Gasteiger partial charge in [0.15, 0.2) is 10.9 Å². The number of rotatable bonds is 1. The second-order valence-corrected chi connectivity index (χ2v) is 4.44. The van der Waals surface area contributed by atoms with Gasteiger partial charge in [0, 0.05) is 18.5 Å². The molecule has 0 radical (unpaired) electrons. The largest absolute Gasteiger partial charge is 0.365 e. The second kappa shape index (κ2) is 3.96. The van der Waals surface area contributed by atoms with Crippen molar-refractivity contribution >= 4 is 23.1 Å². The summed E-state index contributed by atoms with van der Waals surface area (Å²) in [6.07, 6.45) is 0. The van der Waals surface area contributed by atoms with Crippen LogP contribution in [0, 0.1) is 0 Å². The van der Waals surface area contributed by atoms with Gasteiger partial charge >= 0.3 is 0 Å². The molecule has 0 aliphatic rings. The minimum absolute atomic E-state index is 0.0335. The van der Waals surface area contributed by atoms with Gasteiger partial charge < -0.3 is 15.2 Å². The fraction of sp³-hybridized carbons (Fsp3) is 0.556. The van der Waals surface area contributed by atoms with E-state index in [9.17, 15) is 0 Å². The average Bonchev–Trinajstić information content (AvgIpc) is 2.51. The minimum Gasteiger partial charge on any atom is -0.365 e. The van der Waals surface area contributed by atoms with E-state index in [1.807, 2.05) is 6.07 Å². The first-order valence-electron chi connectivity index (χ1n) is 4.39. The van der Waals surface area contributed by atoms with Crippen LogP contribution in [-0.2, 0) is 5.41 Å². The van der Waals surface area contributed by atoms with Crippen LogP contribution in [0.15, 0.2) is 10.6 Å². The highest BCUT2D eigenvalue weighted by molar-refractivity contribution is 7.80. The van der Waals surface area contributed by atoms with Gasteiger partial charge in [0.2, 0.25) is 0 Å². The summed E-state index contributed by atoms with van der Waals surface area (Å²) in [6.45, 7) is 6.19. The second-order valence-electron chi connectivity index (χ2n) is 4.03. The molecule has 0 aromatic carbocycles. The van der Waals surface area contributed by atoms with Crippen molar-refractivity contribution in [1.82, 2.24) is 10.5 Å². The molecular formula is C9H15N3OS. The number of nitrogens with zero attached hydrogens (tertiary/aromatic N) is 1. The lowest BCUT2D eigenvalue weighted by atomic mass is 9.93. The van der Waals surface area contributed by atoms with Crippen molar-refractivity contribution in [2.24, 2.45) is 0 Å². The Hall–Kier alpha value is -1.10. The molecular weight excluding hydrogens is 198 g/mol. The van der Waals surface area contributed by atoms with E-state index in [0.717, 1.165) is 5.76 Å². The first-order chi connectivity index (χ1) is 6.43. The SMILES string of the molecule is CNC(=S)Nc1cc(C(C)(C)C)on1. The Bertz CT molecular complexity index is 327. The summed E-state index contributed by atoms with van der Waals surface area (Å²) in [7, 11) is 1.75. The molecule has 14 heavy (non-hydrogen) atoms. The quantitative estimate of drug-likeness (QED) is 0.698. The molecule has 0 spiro atoms. The summed E-state index contributed by atoms with van der Waals surface area (Å²) in [4.78, 5) is 0. The molecule has 1 aromatic rings. The maximum absolute atomic E-state index is 5.17. The fourth-order valence-corrected chi connectivity index (χ4v) is 0.971. The maximum atomic E-state index is 5.17. The molecule has 0 fully saturated rings. The zero-order chi connectivity index (χ0) is 10.8. The predicted octanol–water partition coefficient (Wildman–Crippen LogP) is 1.89. The van der Waals surface area contributed by atoms with Gasteiger partial charge in [-0.15, -0.1) is 0 Å². The number of nitrogens with one attached hydrogen (secondary N) is 2. The van der Waals surface area contributed by atoms with Gasteiger partial charge in [0.25, 0.3) is 0 Å². The zero-order valence-electron chi connectivity index (χ0n) is 8.84. The molecule has 1 heterocycles. The third-order valence-electron chi connectivity index (χ3n) is 1.72. The van der Waals surface area contributed by atoms with E-state index in [1.54, 1.807) is 7.05 Å². The Kier molecular flexibility index (Phi) is 3.10. The van der Waals surface area contributed by atoms with Crippen molar-refractivity contribution in [3.63, 3.8) is 0 Å². The first kappa shape index (κ1) is 11.0. The smallest absolute Gasteiger partial charge is 0.175 e. The molecule has 0 aliphatic carbocycles. The van der Waals surface area contributed by atoms with Crippen LogP contribution in [0.2, 0.25) is 0 Å². The number of anilines is 1. The van der Waals surface area contributed by atoms with Crippen LogP contribution in [-0.4, -0.2) is 17.3 Å². The Morgan fingerprint density at radius 3 is 2.57 bits per heavy atom. The Labute approximate surface area is 89.0 Å². The molecule has 0 bridgehead atoms. The van der Waals surface area contributed by atoms with Crippen LogP contribution in [0.5, 0.6) is 0 Å². The van der Waals surface area contributed by atoms with Crippen LogP contribution in [0.3, 0.4) is 0 Å². The number of hydrogen-bond donors (Lipinski definition) is 2. The van der Waals surface area contributed by atoms with Crippen LogP contribution in [0.1, 0.15) is 26.5 Å². The summed E-state index contributed by atoms with van der Waals surface area (Å²) >= 11 is 4.94. The third-order valence-corrected chi connectivity index (χ3v) is 2.02. The summed E-state index contributed by atoms with van der Waals surface area (Å²) in [5.74, 6) is 1.47. The van der Waals surface area contributed by atoms with Gasteiger partial charge in [-0.2, -0.15) is 0 Å². The zero-order valence-corrected chi connectivity index (χ0v) is 9.66. The number of thiocarbonyl (C=S) groups is 1. The van der Waals surface area contributed by atoms with Gasteiger partial charge in [-0.1, -0.05) is 25.9 Å². The summed E-state index contributed by atoms with van der Waals surface area (Å²) in [5.41, 5.74) is -0.0335.